The van der Waals surface area contributed by atoms with E-state index in [1.54, 1.807) is 6.92 Å². The van der Waals surface area contributed by atoms with E-state index in [2.05, 4.69) is 16.9 Å². The molecule has 2 atom stereocenters. The highest BCUT2D eigenvalue weighted by Gasteiger charge is 2.35. The molecule has 0 fully saturated rings. The van der Waals surface area contributed by atoms with Gasteiger partial charge in [-0.05, 0) is 18.9 Å². The summed E-state index contributed by atoms with van der Waals surface area (Å²) in [5.41, 5.74) is 8.40. The van der Waals surface area contributed by atoms with Gasteiger partial charge in [-0.2, -0.15) is 0 Å². The lowest BCUT2D eigenvalue weighted by Gasteiger charge is -2.22. The van der Waals surface area contributed by atoms with E-state index in [-0.39, 0.29) is 18.9 Å². The third kappa shape index (κ3) is 8.00. The van der Waals surface area contributed by atoms with Gasteiger partial charge in [-0.1, -0.05) is 37.7 Å². The van der Waals surface area contributed by atoms with Crippen LogP contribution >= 0.6 is 0 Å². The highest BCUT2D eigenvalue weighted by molar-refractivity contribution is 5.99. The molecule has 0 rings (SSSR count). The second kappa shape index (κ2) is 13.1. The Hall–Kier alpha value is -1.59. The van der Waals surface area contributed by atoms with Gasteiger partial charge in [0.05, 0.1) is 19.3 Å². The van der Waals surface area contributed by atoms with E-state index in [4.69, 9.17) is 15.0 Å². The van der Waals surface area contributed by atoms with Crippen LogP contribution in [0, 0.1) is 5.92 Å². The van der Waals surface area contributed by atoms with E-state index in [1.807, 2.05) is 0 Å². The Labute approximate surface area is 132 Å². The summed E-state index contributed by atoms with van der Waals surface area (Å²) in [6, 6.07) is 0. The summed E-state index contributed by atoms with van der Waals surface area (Å²) in [6.07, 6.45) is 4.60. The molecule has 0 saturated carbocycles. The Kier molecular flexibility index (Phi) is 12.2. The molecule has 2 unspecified atom stereocenters. The fourth-order valence-electron chi connectivity index (χ4n) is 2.21. The molecule has 0 aromatic rings. The fraction of sp³-hybridized carbons (Fsp3) is 0.867. The quantitative estimate of drug-likeness (QED) is 0.130. The SMILES string of the molecule is CCCCCCCC(=O)C(C(=O)OCC)C(CN=[N+]=[N-])OC. The van der Waals surface area contributed by atoms with Crippen molar-refractivity contribution in [3.8, 4) is 0 Å². The maximum absolute atomic E-state index is 12.3. The van der Waals surface area contributed by atoms with Gasteiger partial charge >= 0.3 is 5.97 Å². The highest BCUT2D eigenvalue weighted by Crippen LogP contribution is 2.17. The number of hydrogen-bond donors (Lipinski definition) is 0. The molecule has 0 saturated heterocycles. The standard InChI is InChI=1S/C15H27N3O4/c1-4-6-7-8-9-10-12(19)14(15(20)22-5-2)13(21-3)11-17-18-16/h13-14H,4-11H2,1-3H3. The Morgan fingerprint density at radius 1 is 1.18 bits per heavy atom. The molecule has 0 aliphatic heterocycles. The van der Waals surface area contributed by atoms with Crippen LogP contribution < -0.4 is 0 Å². The van der Waals surface area contributed by atoms with Crippen molar-refractivity contribution in [2.24, 2.45) is 11.0 Å². The first-order valence-corrected chi connectivity index (χ1v) is 7.85. The molecule has 0 aliphatic carbocycles. The Balaban J connectivity index is 4.71. The number of ether oxygens (including phenoxy) is 2. The molecule has 7 heteroatoms. The third-order valence-corrected chi connectivity index (χ3v) is 3.41. The zero-order valence-electron chi connectivity index (χ0n) is 13.8. The van der Waals surface area contributed by atoms with Crippen LogP contribution in [0.1, 0.15) is 52.4 Å². The number of ketones is 1. The first-order valence-electron chi connectivity index (χ1n) is 7.85. The van der Waals surface area contributed by atoms with Gasteiger partial charge in [0.2, 0.25) is 0 Å². The van der Waals surface area contributed by atoms with Crippen molar-refractivity contribution in [2.45, 2.75) is 58.5 Å². The molecule has 0 heterocycles. The number of carbonyl (C=O) groups excluding carboxylic acids is 2. The zero-order chi connectivity index (χ0) is 16.8. The molecule has 126 valence electrons. The van der Waals surface area contributed by atoms with E-state index in [0.717, 1.165) is 32.1 Å². The molecule has 7 nitrogen and oxygen atoms in total. The summed E-state index contributed by atoms with van der Waals surface area (Å²) in [4.78, 5) is 27.0. The summed E-state index contributed by atoms with van der Waals surface area (Å²) in [5.74, 6) is -1.85. The number of methoxy groups -OCH3 is 1. The third-order valence-electron chi connectivity index (χ3n) is 3.41. The van der Waals surface area contributed by atoms with E-state index in [1.165, 1.54) is 7.11 Å². The van der Waals surface area contributed by atoms with Crippen LogP contribution in [0.2, 0.25) is 0 Å². The minimum absolute atomic E-state index is 0.0714. The van der Waals surface area contributed by atoms with Crippen LogP contribution in [0.4, 0.5) is 0 Å². The van der Waals surface area contributed by atoms with Gasteiger partial charge in [-0.3, -0.25) is 9.59 Å². The minimum atomic E-state index is -1.03. The van der Waals surface area contributed by atoms with Gasteiger partial charge in [0.1, 0.15) is 11.7 Å². The van der Waals surface area contributed by atoms with Crippen molar-refractivity contribution < 1.29 is 19.1 Å². The van der Waals surface area contributed by atoms with Crippen molar-refractivity contribution in [1.82, 2.24) is 0 Å². The van der Waals surface area contributed by atoms with Crippen molar-refractivity contribution in [3.63, 3.8) is 0 Å². The van der Waals surface area contributed by atoms with Crippen molar-refractivity contribution >= 4 is 11.8 Å². The van der Waals surface area contributed by atoms with Gasteiger partial charge in [-0.15, -0.1) is 0 Å². The molecule has 0 aromatic heterocycles. The van der Waals surface area contributed by atoms with Crippen LogP contribution in [0.5, 0.6) is 0 Å². The summed E-state index contributed by atoms with van der Waals surface area (Å²) >= 11 is 0. The molecule has 0 N–H and O–H groups in total. The highest BCUT2D eigenvalue weighted by atomic mass is 16.5. The number of esters is 1. The van der Waals surface area contributed by atoms with E-state index in [0.29, 0.717) is 6.42 Å². The molecule has 0 aromatic carbocycles. The average molecular weight is 313 g/mol. The van der Waals surface area contributed by atoms with Crippen LogP contribution in [-0.4, -0.2) is 38.1 Å². The summed E-state index contributed by atoms with van der Waals surface area (Å²) in [5, 5.41) is 3.41. The number of Topliss-reactive ketones (excluding diaryl/α,β-unsaturated/α-hetero) is 1. The molecule has 0 bridgehead atoms. The normalized spacial score (nSPS) is 13.0. The Bertz CT molecular complexity index is 381. The van der Waals surface area contributed by atoms with Crippen LogP contribution in [0.25, 0.3) is 10.4 Å². The molecular weight excluding hydrogens is 286 g/mol. The lowest BCUT2D eigenvalue weighted by Crippen LogP contribution is -2.39. The molecule has 0 radical (unpaired) electrons. The van der Waals surface area contributed by atoms with Crippen molar-refractivity contribution in [3.05, 3.63) is 10.4 Å². The first kappa shape index (κ1) is 20.4. The van der Waals surface area contributed by atoms with Gasteiger partial charge in [0.15, 0.2) is 0 Å². The maximum atomic E-state index is 12.3. The van der Waals surface area contributed by atoms with Gasteiger partial charge < -0.3 is 9.47 Å². The van der Waals surface area contributed by atoms with Crippen LogP contribution in [0.3, 0.4) is 0 Å². The summed E-state index contributed by atoms with van der Waals surface area (Å²) in [6.45, 7) is 3.93. The molecule has 0 amide bonds. The Morgan fingerprint density at radius 2 is 1.86 bits per heavy atom. The van der Waals surface area contributed by atoms with E-state index >= 15 is 0 Å². The monoisotopic (exact) mass is 313 g/mol. The lowest BCUT2D eigenvalue weighted by atomic mass is 9.93. The second-order valence-electron chi connectivity index (χ2n) is 5.05. The summed E-state index contributed by atoms with van der Waals surface area (Å²) < 4.78 is 10.1. The number of hydrogen-bond acceptors (Lipinski definition) is 5. The Morgan fingerprint density at radius 3 is 2.41 bits per heavy atom. The molecule has 22 heavy (non-hydrogen) atoms. The van der Waals surface area contributed by atoms with E-state index in [9.17, 15) is 9.59 Å². The lowest BCUT2D eigenvalue weighted by molar-refractivity contribution is -0.157. The smallest absolute Gasteiger partial charge is 0.319 e. The average Bonchev–Trinajstić information content (AvgIpc) is 2.51. The van der Waals surface area contributed by atoms with E-state index < -0.39 is 18.0 Å². The molecule has 0 aliphatic rings. The largest absolute Gasteiger partial charge is 0.465 e. The predicted octanol–water partition coefficient (Wildman–Crippen LogP) is 3.42. The van der Waals surface area contributed by atoms with Gasteiger partial charge in [0, 0.05) is 18.4 Å². The number of nitrogens with zero attached hydrogens (tertiary/aromatic N) is 3. The van der Waals surface area contributed by atoms with Gasteiger partial charge in [0.25, 0.3) is 0 Å². The maximum Gasteiger partial charge on any atom is 0.319 e. The molecular formula is C15H27N3O4. The summed E-state index contributed by atoms with van der Waals surface area (Å²) in [7, 11) is 1.39. The zero-order valence-corrected chi connectivity index (χ0v) is 13.8. The van der Waals surface area contributed by atoms with Crippen LogP contribution in [0.15, 0.2) is 5.11 Å². The second-order valence-corrected chi connectivity index (χ2v) is 5.05. The number of unbranched alkanes of at least 4 members (excludes halogenated alkanes) is 4. The predicted molar refractivity (Wildman–Crippen MR) is 83.3 cm³/mol. The van der Waals surface area contributed by atoms with Crippen molar-refractivity contribution in [1.29, 1.82) is 0 Å². The van der Waals surface area contributed by atoms with Gasteiger partial charge in [-0.25, -0.2) is 0 Å². The number of rotatable bonds is 13. The molecule has 0 spiro atoms. The first-order chi connectivity index (χ1) is 10.6. The van der Waals surface area contributed by atoms with Crippen LogP contribution in [-0.2, 0) is 19.1 Å². The van der Waals surface area contributed by atoms with Crippen molar-refractivity contribution in [2.75, 3.05) is 20.3 Å². The number of carbonyl (C=O) groups is 2. The number of azide groups is 1. The topological polar surface area (TPSA) is 101 Å². The fourth-order valence-corrected chi connectivity index (χ4v) is 2.21. The minimum Gasteiger partial charge on any atom is -0.465 e.